The molecule has 0 atom stereocenters. The van der Waals surface area contributed by atoms with Gasteiger partial charge in [-0.1, -0.05) is 36.3 Å². The van der Waals surface area contributed by atoms with E-state index < -0.39 is 0 Å². The second-order valence-corrected chi connectivity index (χ2v) is 3.98. The smallest absolute Gasteiger partial charge is 0.113 e. The fourth-order valence-electron chi connectivity index (χ4n) is 1.66. The van der Waals surface area contributed by atoms with Crippen molar-refractivity contribution in [2.75, 3.05) is 0 Å². The van der Waals surface area contributed by atoms with E-state index in [1.165, 1.54) is 0 Å². The predicted octanol–water partition coefficient (Wildman–Crippen LogP) is 3.57. The summed E-state index contributed by atoms with van der Waals surface area (Å²) in [6.45, 7) is 2.50. The van der Waals surface area contributed by atoms with Gasteiger partial charge in [-0.05, 0) is 24.6 Å². The largest absolute Gasteiger partial charge is 0.494 e. The molecule has 90 valence electrons. The summed E-state index contributed by atoms with van der Waals surface area (Å²) >= 11 is 0. The van der Waals surface area contributed by atoms with E-state index in [9.17, 15) is 0 Å². The Balaban J connectivity index is 2.00. The molecule has 18 heavy (non-hydrogen) atoms. The number of aromatic nitrogens is 1. The Hall–Kier alpha value is -2.40. The van der Waals surface area contributed by atoms with Crippen molar-refractivity contribution in [3.8, 4) is 12.3 Å². The zero-order valence-electron chi connectivity index (χ0n) is 10.3. The van der Waals surface area contributed by atoms with Crippen LogP contribution in [0.15, 0.2) is 48.4 Å². The molecule has 1 heterocycles. The van der Waals surface area contributed by atoms with Gasteiger partial charge in [0.05, 0.1) is 11.5 Å². The molecule has 0 unspecified atom stereocenters. The summed E-state index contributed by atoms with van der Waals surface area (Å²) in [5, 5.41) is 0. The molecule has 0 aliphatic rings. The number of ether oxygens (including phenoxy) is 1. The van der Waals surface area contributed by atoms with Crippen LogP contribution in [0.5, 0.6) is 0 Å². The fraction of sp³-hybridized carbons (Fsp3) is 0.125. The van der Waals surface area contributed by atoms with E-state index in [1.807, 2.05) is 55.6 Å². The van der Waals surface area contributed by atoms with Crippen molar-refractivity contribution in [3.63, 3.8) is 0 Å². The first-order valence-electron chi connectivity index (χ1n) is 5.78. The fourth-order valence-corrected chi connectivity index (χ4v) is 1.66. The van der Waals surface area contributed by atoms with Gasteiger partial charge in [-0.15, -0.1) is 6.42 Å². The highest BCUT2D eigenvalue weighted by atomic mass is 16.5. The Kier molecular flexibility index (Phi) is 3.88. The summed E-state index contributed by atoms with van der Waals surface area (Å²) in [5.74, 6) is 3.44. The van der Waals surface area contributed by atoms with E-state index in [4.69, 9.17) is 11.2 Å². The van der Waals surface area contributed by atoms with E-state index in [2.05, 4.69) is 10.9 Å². The molecule has 1 N–H and O–H groups in total. The average Bonchev–Trinajstić information content (AvgIpc) is 2.85. The van der Waals surface area contributed by atoms with Crippen LogP contribution in [-0.4, -0.2) is 4.98 Å². The third-order valence-electron chi connectivity index (χ3n) is 2.59. The molecule has 1 aromatic carbocycles. The first kappa shape index (κ1) is 12.1. The van der Waals surface area contributed by atoms with Crippen LogP contribution in [0.3, 0.4) is 0 Å². The number of hydrogen-bond donors (Lipinski definition) is 1. The summed E-state index contributed by atoms with van der Waals surface area (Å²) in [4.78, 5) is 3.00. The Morgan fingerprint density at radius 1 is 1.33 bits per heavy atom. The van der Waals surface area contributed by atoms with Crippen molar-refractivity contribution in [3.05, 3.63) is 65.2 Å². The molecule has 0 fully saturated rings. The minimum absolute atomic E-state index is 0.568. The van der Waals surface area contributed by atoms with E-state index in [0.717, 1.165) is 22.6 Å². The minimum Gasteiger partial charge on any atom is -0.494 e. The molecule has 0 radical (unpaired) electrons. The SMILES string of the molecule is C#Cc1[nH]ccc1/C=C(\C)OCc1ccccc1. The second-order valence-electron chi connectivity index (χ2n) is 3.98. The van der Waals surface area contributed by atoms with Gasteiger partial charge in [0, 0.05) is 11.8 Å². The van der Waals surface area contributed by atoms with Gasteiger partial charge in [0.2, 0.25) is 0 Å². The van der Waals surface area contributed by atoms with Gasteiger partial charge >= 0.3 is 0 Å². The summed E-state index contributed by atoms with van der Waals surface area (Å²) in [7, 11) is 0. The van der Waals surface area contributed by atoms with Gasteiger partial charge in [-0.2, -0.15) is 0 Å². The van der Waals surface area contributed by atoms with E-state index in [-0.39, 0.29) is 0 Å². The topological polar surface area (TPSA) is 25.0 Å². The lowest BCUT2D eigenvalue weighted by Crippen LogP contribution is -1.90. The number of nitrogens with one attached hydrogen (secondary N) is 1. The molecule has 0 amide bonds. The Labute approximate surface area is 107 Å². The highest BCUT2D eigenvalue weighted by molar-refractivity contribution is 5.57. The van der Waals surface area contributed by atoms with Crippen LogP contribution in [0.2, 0.25) is 0 Å². The monoisotopic (exact) mass is 237 g/mol. The second kappa shape index (κ2) is 5.79. The van der Waals surface area contributed by atoms with Crippen molar-refractivity contribution in [1.29, 1.82) is 0 Å². The molecular formula is C16H15NO. The van der Waals surface area contributed by atoms with E-state index in [0.29, 0.717) is 6.61 Å². The van der Waals surface area contributed by atoms with Crippen molar-refractivity contribution in [2.45, 2.75) is 13.5 Å². The van der Waals surface area contributed by atoms with Gasteiger partial charge in [-0.25, -0.2) is 0 Å². The average molecular weight is 237 g/mol. The summed E-state index contributed by atoms with van der Waals surface area (Å²) in [5.41, 5.74) is 2.90. The quantitative estimate of drug-likeness (QED) is 0.638. The normalized spacial score (nSPS) is 11.0. The van der Waals surface area contributed by atoms with Crippen LogP contribution in [0, 0.1) is 12.3 Å². The van der Waals surface area contributed by atoms with Crippen molar-refractivity contribution < 1.29 is 4.74 Å². The van der Waals surface area contributed by atoms with Crippen molar-refractivity contribution >= 4 is 6.08 Å². The molecular weight excluding hydrogens is 222 g/mol. The number of aromatic amines is 1. The molecule has 2 aromatic rings. The number of benzene rings is 1. The minimum atomic E-state index is 0.568. The maximum absolute atomic E-state index is 5.68. The molecule has 1 aromatic heterocycles. The van der Waals surface area contributed by atoms with E-state index >= 15 is 0 Å². The molecule has 0 spiro atoms. The maximum atomic E-state index is 5.68. The maximum Gasteiger partial charge on any atom is 0.113 e. The molecule has 2 rings (SSSR count). The van der Waals surface area contributed by atoms with Crippen molar-refractivity contribution in [2.24, 2.45) is 0 Å². The van der Waals surface area contributed by atoms with Gasteiger partial charge in [0.15, 0.2) is 0 Å². The van der Waals surface area contributed by atoms with Gasteiger partial charge < -0.3 is 9.72 Å². The first-order chi connectivity index (χ1) is 8.79. The molecule has 0 aliphatic heterocycles. The first-order valence-corrected chi connectivity index (χ1v) is 5.78. The predicted molar refractivity (Wildman–Crippen MR) is 73.6 cm³/mol. The zero-order chi connectivity index (χ0) is 12.8. The molecule has 0 aliphatic carbocycles. The van der Waals surface area contributed by atoms with Crippen molar-refractivity contribution in [1.82, 2.24) is 4.98 Å². The van der Waals surface area contributed by atoms with E-state index in [1.54, 1.807) is 0 Å². The van der Waals surface area contributed by atoms with Crippen LogP contribution in [-0.2, 0) is 11.3 Å². The number of allylic oxidation sites excluding steroid dienone is 1. The lowest BCUT2D eigenvalue weighted by molar-refractivity contribution is 0.204. The van der Waals surface area contributed by atoms with Gasteiger partial charge in [0.25, 0.3) is 0 Å². The summed E-state index contributed by atoms with van der Waals surface area (Å²) in [6.07, 6.45) is 9.15. The highest BCUT2D eigenvalue weighted by Gasteiger charge is 1.99. The standard InChI is InChI=1S/C16H15NO/c1-3-16-15(9-10-17-16)11-13(2)18-12-14-7-5-4-6-8-14/h1,4-11,17H,12H2,2H3/b13-11+. The van der Waals surface area contributed by atoms with Gasteiger partial charge in [0.1, 0.15) is 6.61 Å². The molecule has 0 bridgehead atoms. The number of terminal acetylenes is 1. The number of rotatable bonds is 4. The molecule has 2 nitrogen and oxygen atoms in total. The summed E-state index contributed by atoms with van der Waals surface area (Å²) in [6, 6.07) is 12.0. The van der Waals surface area contributed by atoms with Crippen LogP contribution >= 0.6 is 0 Å². The number of hydrogen-bond acceptors (Lipinski definition) is 1. The lowest BCUT2D eigenvalue weighted by Gasteiger charge is -2.06. The Morgan fingerprint density at radius 2 is 2.11 bits per heavy atom. The van der Waals surface area contributed by atoms with Crippen LogP contribution in [0.25, 0.3) is 6.08 Å². The highest BCUT2D eigenvalue weighted by Crippen LogP contribution is 2.13. The Morgan fingerprint density at radius 3 is 2.83 bits per heavy atom. The van der Waals surface area contributed by atoms with Crippen LogP contribution in [0.4, 0.5) is 0 Å². The molecule has 2 heteroatoms. The van der Waals surface area contributed by atoms with Crippen LogP contribution in [0.1, 0.15) is 23.7 Å². The van der Waals surface area contributed by atoms with Crippen LogP contribution < -0.4 is 0 Å². The molecule has 0 saturated heterocycles. The Bertz CT molecular complexity index is 573. The lowest BCUT2D eigenvalue weighted by atomic mass is 10.2. The third-order valence-corrected chi connectivity index (χ3v) is 2.59. The van der Waals surface area contributed by atoms with Gasteiger partial charge in [-0.3, -0.25) is 0 Å². The number of H-pyrrole nitrogens is 1. The zero-order valence-corrected chi connectivity index (χ0v) is 10.3. The molecule has 0 saturated carbocycles. The summed E-state index contributed by atoms with van der Waals surface area (Å²) < 4.78 is 5.68. The third kappa shape index (κ3) is 3.05.